The summed E-state index contributed by atoms with van der Waals surface area (Å²) in [5, 5.41) is 0. The van der Waals surface area contributed by atoms with Crippen molar-refractivity contribution in [2.24, 2.45) is 0 Å². The predicted molar refractivity (Wildman–Crippen MR) is 48.1 cm³/mol. The smallest absolute Gasteiger partial charge is 0.344 e. The van der Waals surface area contributed by atoms with Crippen LogP contribution >= 0.6 is 0 Å². The van der Waals surface area contributed by atoms with Crippen LogP contribution < -0.4 is 0 Å². The van der Waals surface area contributed by atoms with Crippen molar-refractivity contribution in [3.63, 3.8) is 0 Å². The van der Waals surface area contributed by atoms with Crippen molar-refractivity contribution in [1.29, 1.82) is 0 Å². The van der Waals surface area contributed by atoms with Crippen molar-refractivity contribution in [3.8, 4) is 0 Å². The molecule has 0 amide bonds. The molecular formula is C11H12W. The van der Waals surface area contributed by atoms with Crippen LogP contribution in [0.4, 0.5) is 0 Å². The number of benzene rings is 1. The quantitative estimate of drug-likeness (QED) is 0.732. The molecule has 0 aliphatic carbocycles. The Labute approximate surface area is 89.0 Å². The Morgan fingerprint density at radius 3 is 2.67 bits per heavy atom. The van der Waals surface area contributed by atoms with Crippen LogP contribution in [0.15, 0.2) is 18.2 Å². The molecule has 0 saturated heterocycles. The average molecular weight is 328 g/mol. The van der Waals surface area contributed by atoms with E-state index in [1.165, 1.54) is 5.56 Å². The van der Waals surface area contributed by atoms with Crippen molar-refractivity contribution >= 4 is 6.08 Å². The maximum absolute atomic E-state index is 5.36. The molecule has 0 fully saturated rings. The molecule has 0 aliphatic heterocycles. The Morgan fingerprint density at radius 2 is 2.17 bits per heavy atom. The van der Waals surface area contributed by atoms with Gasteiger partial charge in [0.25, 0.3) is 0 Å². The minimum Gasteiger partial charge on any atom is -0.344 e. The van der Waals surface area contributed by atoms with Crippen molar-refractivity contribution in [2.75, 3.05) is 0 Å². The van der Waals surface area contributed by atoms with Crippen LogP contribution in [0.5, 0.6) is 0 Å². The second-order valence-corrected chi connectivity index (χ2v) is 2.90. The van der Waals surface area contributed by atoms with E-state index < -0.39 is 0 Å². The first-order chi connectivity index (χ1) is 5.24. The predicted octanol–water partition coefficient (Wildman–Crippen LogP) is 3.05. The van der Waals surface area contributed by atoms with Crippen molar-refractivity contribution in [1.82, 2.24) is 0 Å². The minimum atomic E-state index is 0. The van der Waals surface area contributed by atoms with Crippen LogP contribution in [0, 0.1) is 12.6 Å². The van der Waals surface area contributed by atoms with Gasteiger partial charge in [0.2, 0.25) is 0 Å². The Bertz CT molecular complexity index is 251. The van der Waals surface area contributed by atoms with Gasteiger partial charge in [0.15, 0.2) is 0 Å². The summed E-state index contributed by atoms with van der Waals surface area (Å²) in [6, 6.07) is 9.07. The molecule has 0 nitrogen and oxygen atoms in total. The Hall–Kier alpha value is -0.352. The van der Waals surface area contributed by atoms with Crippen LogP contribution in [-0.2, 0) is 21.1 Å². The second kappa shape index (κ2) is 5.32. The molecule has 0 radical (unpaired) electrons. The third kappa shape index (κ3) is 2.95. The van der Waals surface area contributed by atoms with E-state index in [1.807, 2.05) is 6.07 Å². The van der Waals surface area contributed by atoms with Gasteiger partial charge in [0.1, 0.15) is 0 Å². The van der Waals surface area contributed by atoms with Crippen LogP contribution in [0.25, 0.3) is 6.08 Å². The largest absolute Gasteiger partial charge is 2.00 e. The Kier molecular flexibility index (Phi) is 5.17. The molecule has 0 heterocycles. The van der Waals surface area contributed by atoms with Crippen LogP contribution in [0.3, 0.4) is 0 Å². The fourth-order valence-electron chi connectivity index (χ4n) is 0.959. The first kappa shape index (κ1) is 11.6. The fourth-order valence-corrected chi connectivity index (χ4v) is 0.959. The van der Waals surface area contributed by atoms with Crippen molar-refractivity contribution in [3.05, 3.63) is 42.0 Å². The van der Waals surface area contributed by atoms with Gasteiger partial charge >= 0.3 is 21.1 Å². The standard InChI is InChI=1S/C11H12.W/c1-4-10-6-5-7-11(8-10)9(2)3;/h1,4-5,7-9H,2-3H3;/q-2;+2. The maximum Gasteiger partial charge on any atom is 2.00 e. The second-order valence-electron chi connectivity index (χ2n) is 2.90. The minimum absolute atomic E-state index is 0. The van der Waals surface area contributed by atoms with Gasteiger partial charge in [0.05, 0.1) is 0 Å². The maximum atomic E-state index is 5.36. The molecule has 1 aromatic rings. The van der Waals surface area contributed by atoms with Gasteiger partial charge in [-0.15, -0.1) is 11.6 Å². The Morgan fingerprint density at radius 1 is 1.50 bits per heavy atom. The molecule has 0 aromatic heterocycles. The first-order valence-corrected chi connectivity index (χ1v) is 3.80. The molecular weight excluding hydrogens is 316 g/mol. The summed E-state index contributed by atoms with van der Waals surface area (Å²) in [6.45, 7) is 9.69. The summed E-state index contributed by atoms with van der Waals surface area (Å²) in [6.07, 6.45) is 1.58. The molecule has 1 rings (SSSR count). The summed E-state index contributed by atoms with van der Waals surface area (Å²) >= 11 is 0. The average Bonchev–Trinajstić information content (AvgIpc) is 2.05. The van der Waals surface area contributed by atoms with Gasteiger partial charge in [-0.1, -0.05) is 13.8 Å². The summed E-state index contributed by atoms with van der Waals surface area (Å²) in [5.74, 6) is 0.559. The molecule has 0 spiro atoms. The molecule has 62 valence electrons. The monoisotopic (exact) mass is 328 g/mol. The zero-order valence-electron chi connectivity index (χ0n) is 7.37. The first-order valence-electron chi connectivity index (χ1n) is 3.80. The molecule has 0 bridgehead atoms. The third-order valence-electron chi connectivity index (χ3n) is 1.69. The molecule has 0 N–H and O–H groups in total. The van der Waals surface area contributed by atoms with E-state index >= 15 is 0 Å². The SMILES string of the molecule is [CH-]=Cc1[c-]ccc(C(C)C)c1.[W+2]. The van der Waals surface area contributed by atoms with E-state index in [-0.39, 0.29) is 21.1 Å². The zero-order chi connectivity index (χ0) is 8.27. The van der Waals surface area contributed by atoms with Gasteiger partial charge in [0, 0.05) is 0 Å². The number of hydrogen-bond acceptors (Lipinski definition) is 0. The normalized spacial score (nSPS) is 9.25. The van der Waals surface area contributed by atoms with Gasteiger partial charge in [-0.3, -0.25) is 0 Å². The summed E-state index contributed by atoms with van der Waals surface area (Å²) in [4.78, 5) is 0. The topological polar surface area (TPSA) is 0 Å². The summed E-state index contributed by atoms with van der Waals surface area (Å²) < 4.78 is 0. The molecule has 0 atom stereocenters. The third-order valence-corrected chi connectivity index (χ3v) is 1.69. The number of hydrogen-bond donors (Lipinski definition) is 0. The van der Waals surface area contributed by atoms with Gasteiger partial charge in [-0.2, -0.15) is 6.07 Å². The number of rotatable bonds is 2. The van der Waals surface area contributed by atoms with Crippen LogP contribution in [0.1, 0.15) is 30.9 Å². The van der Waals surface area contributed by atoms with Gasteiger partial charge in [-0.25, -0.2) is 12.1 Å². The van der Waals surface area contributed by atoms with Crippen LogP contribution in [0.2, 0.25) is 0 Å². The van der Waals surface area contributed by atoms with E-state index in [0.717, 1.165) is 5.56 Å². The Balaban J connectivity index is 0.00000121. The molecule has 1 aromatic carbocycles. The van der Waals surface area contributed by atoms with Gasteiger partial charge < -0.3 is 18.2 Å². The molecule has 0 saturated carbocycles. The van der Waals surface area contributed by atoms with E-state index in [1.54, 1.807) is 6.08 Å². The molecule has 0 aliphatic rings. The summed E-state index contributed by atoms with van der Waals surface area (Å²) in [7, 11) is 0. The van der Waals surface area contributed by atoms with Gasteiger partial charge in [-0.05, 0) is 5.92 Å². The van der Waals surface area contributed by atoms with E-state index in [4.69, 9.17) is 6.58 Å². The molecule has 12 heavy (non-hydrogen) atoms. The fraction of sp³-hybridized carbons (Fsp3) is 0.273. The van der Waals surface area contributed by atoms with Crippen LogP contribution in [-0.4, -0.2) is 0 Å². The molecule has 0 unspecified atom stereocenters. The van der Waals surface area contributed by atoms with E-state index in [2.05, 4.69) is 32.0 Å². The van der Waals surface area contributed by atoms with Crippen molar-refractivity contribution in [2.45, 2.75) is 19.8 Å². The zero-order valence-corrected chi connectivity index (χ0v) is 10.3. The van der Waals surface area contributed by atoms with Crippen molar-refractivity contribution < 1.29 is 21.1 Å². The van der Waals surface area contributed by atoms with E-state index in [9.17, 15) is 0 Å². The van der Waals surface area contributed by atoms with E-state index in [0.29, 0.717) is 5.92 Å². The molecule has 1 heteroatoms. The summed E-state index contributed by atoms with van der Waals surface area (Å²) in [5.41, 5.74) is 2.27.